The van der Waals surface area contributed by atoms with Crippen LogP contribution in [0.2, 0.25) is 0 Å². The number of aromatic nitrogens is 2. The third-order valence-corrected chi connectivity index (χ3v) is 3.20. The van der Waals surface area contributed by atoms with Crippen molar-refractivity contribution >= 4 is 11.8 Å². The third-order valence-electron chi connectivity index (χ3n) is 3.20. The largest absolute Gasteiger partial charge is 0.464 e. The van der Waals surface area contributed by atoms with E-state index in [-0.39, 0.29) is 5.69 Å². The summed E-state index contributed by atoms with van der Waals surface area (Å²) in [5.41, 5.74) is 0.268. The van der Waals surface area contributed by atoms with Crippen molar-refractivity contribution in [3.63, 3.8) is 0 Å². The predicted molar refractivity (Wildman–Crippen MR) is 64.0 cm³/mol. The Balaban J connectivity index is 2.14. The molecule has 0 N–H and O–H groups in total. The molecule has 1 unspecified atom stereocenters. The quantitative estimate of drug-likeness (QED) is 0.743. The number of ether oxygens (including phenoxy) is 1. The molecule has 1 aromatic heterocycles. The lowest BCUT2D eigenvalue weighted by Crippen LogP contribution is -2.22. The van der Waals surface area contributed by atoms with Crippen LogP contribution in [0.1, 0.15) is 30.3 Å². The fraction of sp³-hybridized carbons (Fsp3) is 0.583. The molecule has 0 saturated carbocycles. The van der Waals surface area contributed by atoms with Crippen LogP contribution in [0.4, 0.5) is 5.82 Å². The predicted octanol–water partition coefficient (Wildman–Crippen LogP) is 1.50. The van der Waals surface area contributed by atoms with Crippen molar-refractivity contribution in [2.45, 2.75) is 19.8 Å². The Kier molecular flexibility index (Phi) is 3.56. The van der Waals surface area contributed by atoms with E-state index in [1.54, 1.807) is 6.20 Å². The highest BCUT2D eigenvalue weighted by Gasteiger charge is 2.22. The number of anilines is 1. The summed E-state index contributed by atoms with van der Waals surface area (Å²) in [7, 11) is 1.35. The molecule has 1 aromatic rings. The van der Waals surface area contributed by atoms with Gasteiger partial charge in [0.05, 0.1) is 19.5 Å². The molecule has 0 aromatic carbocycles. The van der Waals surface area contributed by atoms with Crippen LogP contribution in [0, 0.1) is 5.92 Å². The normalized spacial score (nSPS) is 19.4. The molecule has 0 radical (unpaired) electrons. The average Bonchev–Trinajstić information content (AvgIpc) is 2.86. The first kappa shape index (κ1) is 11.8. The summed E-state index contributed by atoms with van der Waals surface area (Å²) >= 11 is 0. The zero-order chi connectivity index (χ0) is 12.3. The summed E-state index contributed by atoms with van der Waals surface area (Å²) in [4.78, 5) is 21.9. The van der Waals surface area contributed by atoms with Gasteiger partial charge in [-0.05, 0) is 12.3 Å². The Hall–Kier alpha value is -1.65. The van der Waals surface area contributed by atoms with Crippen molar-refractivity contribution in [1.82, 2.24) is 9.97 Å². The van der Waals surface area contributed by atoms with E-state index in [4.69, 9.17) is 0 Å². The molecule has 92 valence electrons. The van der Waals surface area contributed by atoms with Gasteiger partial charge in [0.15, 0.2) is 5.69 Å². The molecule has 1 atom stereocenters. The van der Waals surface area contributed by atoms with Gasteiger partial charge in [-0.3, -0.25) is 4.98 Å². The van der Waals surface area contributed by atoms with Crippen LogP contribution in [0.5, 0.6) is 0 Å². The van der Waals surface area contributed by atoms with E-state index >= 15 is 0 Å². The van der Waals surface area contributed by atoms with Crippen LogP contribution in [0.3, 0.4) is 0 Å². The number of rotatable bonds is 3. The number of hydrogen-bond donors (Lipinski definition) is 0. The molecule has 1 fully saturated rings. The molecule has 2 rings (SSSR count). The maximum atomic E-state index is 11.4. The number of carbonyl (C=O) groups is 1. The van der Waals surface area contributed by atoms with E-state index in [0.717, 1.165) is 24.8 Å². The highest BCUT2D eigenvalue weighted by atomic mass is 16.5. The molecule has 0 amide bonds. The van der Waals surface area contributed by atoms with Crippen LogP contribution in [0.15, 0.2) is 12.4 Å². The molecule has 0 bridgehead atoms. The second-order valence-corrected chi connectivity index (χ2v) is 4.26. The lowest BCUT2D eigenvalue weighted by molar-refractivity contribution is 0.0593. The monoisotopic (exact) mass is 235 g/mol. The topological polar surface area (TPSA) is 55.3 Å². The summed E-state index contributed by atoms with van der Waals surface area (Å²) in [5.74, 6) is 1.05. The molecule has 17 heavy (non-hydrogen) atoms. The lowest BCUT2D eigenvalue weighted by Gasteiger charge is -2.16. The van der Waals surface area contributed by atoms with E-state index in [0.29, 0.717) is 0 Å². The molecule has 5 heteroatoms. The fourth-order valence-electron chi connectivity index (χ4n) is 2.08. The Morgan fingerprint density at radius 1 is 1.59 bits per heavy atom. The van der Waals surface area contributed by atoms with Crippen molar-refractivity contribution < 1.29 is 9.53 Å². The summed E-state index contributed by atoms with van der Waals surface area (Å²) in [6, 6.07) is 0. The third kappa shape index (κ3) is 2.54. The van der Waals surface area contributed by atoms with E-state index in [1.807, 2.05) is 0 Å². The van der Waals surface area contributed by atoms with E-state index in [1.165, 1.54) is 26.1 Å². The highest BCUT2D eigenvalue weighted by molar-refractivity contribution is 5.87. The summed E-state index contributed by atoms with van der Waals surface area (Å²) in [6.07, 6.45) is 5.49. The Morgan fingerprint density at radius 2 is 2.41 bits per heavy atom. The van der Waals surface area contributed by atoms with E-state index in [9.17, 15) is 4.79 Å². The van der Waals surface area contributed by atoms with Crippen molar-refractivity contribution in [3.05, 3.63) is 18.1 Å². The molecule has 0 aliphatic carbocycles. The number of carbonyl (C=O) groups excluding carboxylic acids is 1. The van der Waals surface area contributed by atoms with Crippen LogP contribution in [0.25, 0.3) is 0 Å². The van der Waals surface area contributed by atoms with Gasteiger partial charge in [0.1, 0.15) is 5.82 Å². The maximum absolute atomic E-state index is 11.4. The Bertz CT molecular complexity index is 408. The second-order valence-electron chi connectivity index (χ2n) is 4.26. The molecule has 1 saturated heterocycles. The minimum atomic E-state index is -0.439. The fourth-order valence-corrected chi connectivity index (χ4v) is 2.08. The van der Waals surface area contributed by atoms with Gasteiger partial charge in [0, 0.05) is 13.1 Å². The first-order chi connectivity index (χ1) is 8.24. The SMILES string of the molecule is CCC1CCN(c2cncc(C(=O)OC)n2)C1. The number of esters is 1. The number of methoxy groups -OCH3 is 1. The van der Waals surface area contributed by atoms with Crippen molar-refractivity contribution in [1.29, 1.82) is 0 Å². The van der Waals surface area contributed by atoms with Gasteiger partial charge < -0.3 is 9.64 Å². The molecular weight excluding hydrogens is 218 g/mol. The van der Waals surface area contributed by atoms with Gasteiger partial charge in [0.2, 0.25) is 0 Å². The van der Waals surface area contributed by atoms with Gasteiger partial charge in [-0.2, -0.15) is 0 Å². The van der Waals surface area contributed by atoms with Crippen LogP contribution >= 0.6 is 0 Å². The molecule has 0 spiro atoms. The van der Waals surface area contributed by atoms with Gasteiger partial charge in [-0.25, -0.2) is 9.78 Å². The second kappa shape index (κ2) is 5.12. The van der Waals surface area contributed by atoms with Crippen LogP contribution < -0.4 is 4.90 Å². The maximum Gasteiger partial charge on any atom is 0.358 e. The smallest absolute Gasteiger partial charge is 0.358 e. The van der Waals surface area contributed by atoms with Gasteiger partial charge in [-0.1, -0.05) is 13.3 Å². The molecule has 1 aliphatic heterocycles. The first-order valence-corrected chi connectivity index (χ1v) is 5.90. The minimum absolute atomic E-state index is 0.268. The lowest BCUT2D eigenvalue weighted by atomic mass is 10.1. The van der Waals surface area contributed by atoms with Crippen molar-refractivity contribution in [3.8, 4) is 0 Å². The van der Waals surface area contributed by atoms with Crippen LogP contribution in [-0.4, -0.2) is 36.1 Å². The summed E-state index contributed by atoms with van der Waals surface area (Å²) < 4.78 is 4.64. The Labute approximate surface area is 101 Å². The summed E-state index contributed by atoms with van der Waals surface area (Å²) in [6.45, 7) is 4.18. The molecule has 2 heterocycles. The zero-order valence-electron chi connectivity index (χ0n) is 10.2. The zero-order valence-corrected chi connectivity index (χ0v) is 10.2. The average molecular weight is 235 g/mol. The number of nitrogens with zero attached hydrogens (tertiary/aromatic N) is 3. The molecule has 5 nitrogen and oxygen atoms in total. The molecule has 1 aliphatic rings. The summed E-state index contributed by atoms with van der Waals surface area (Å²) in [5, 5.41) is 0. The van der Waals surface area contributed by atoms with E-state index in [2.05, 4.69) is 26.5 Å². The van der Waals surface area contributed by atoms with Crippen molar-refractivity contribution in [2.24, 2.45) is 5.92 Å². The standard InChI is InChI=1S/C12H17N3O2/c1-3-9-4-5-15(8-9)11-7-13-6-10(14-11)12(16)17-2/h6-7,9H,3-5,8H2,1-2H3. The molecular formula is C12H17N3O2. The highest BCUT2D eigenvalue weighted by Crippen LogP contribution is 2.23. The first-order valence-electron chi connectivity index (χ1n) is 5.90. The van der Waals surface area contributed by atoms with Crippen molar-refractivity contribution in [2.75, 3.05) is 25.1 Å². The number of hydrogen-bond acceptors (Lipinski definition) is 5. The van der Waals surface area contributed by atoms with Gasteiger partial charge in [-0.15, -0.1) is 0 Å². The van der Waals surface area contributed by atoms with E-state index < -0.39 is 5.97 Å². The minimum Gasteiger partial charge on any atom is -0.464 e. The van der Waals surface area contributed by atoms with Crippen LogP contribution in [-0.2, 0) is 4.74 Å². The van der Waals surface area contributed by atoms with Gasteiger partial charge >= 0.3 is 5.97 Å². The van der Waals surface area contributed by atoms with Gasteiger partial charge in [0.25, 0.3) is 0 Å². The Morgan fingerprint density at radius 3 is 3.06 bits per heavy atom.